The molecule has 3 nitrogen and oxygen atoms in total. The molecule has 1 unspecified atom stereocenters. The van der Waals surface area contributed by atoms with Crippen molar-refractivity contribution < 1.29 is 4.79 Å². The van der Waals surface area contributed by atoms with Crippen molar-refractivity contribution in [1.82, 2.24) is 5.32 Å². The molecule has 0 aromatic heterocycles. The van der Waals surface area contributed by atoms with Gasteiger partial charge in [0.15, 0.2) is 0 Å². The molecule has 0 heterocycles. The predicted molar refractivity (Wildman–Crippen MR) is 95.0 cm³/mol. The monoisotopic (exact) mass is 328 g/mol. The van der Waals surface area contributed by atoms with Crippen LogP contribution in [0.15, 0.2) is 42.5 Å². The Morgan fingerprint density at radius 2 is 1.87 bits per heavy atom. The van der Waals surface area contributed by atoms with Gasteiger partial charge in [0.2, 0.25) is 0 Å². The summed E-state index contributed by atoms with van der Waals surface area (Å²) >= 11 is 0. The quantitative estimate of drug-likeness (QED) is 0.773. The molecule has 0 bridgehead atoms. The third-order valence-corrected chi connectivity index (χ3v) is 4.78. The van der Waals surface area contributed by atoms with Gasteiger partial charge in [-0.15, -0.1) is 12.4 Å². The Balaban J connectivity index is 0.00000156. The number of rotatable bonds is 4. The molecule has 2 aliphatic carbocycles. The fourth-order valence-electron chi connectivity index (χ4n) is 3.29. The van der Waals surface area contributed by atoms with E-state index >= 15 is 0 Å². The lowest BCUT2D eigenvalue weighted by Crippen LogP contribution is -2.38. The average Bonchev–Trinajstić information content (AvgIpc) is 3.32. The number of fused-ring (bicyclic) bond motifs is 3. The molecule has 0 aliphatic heterocycles. The lowest BCUT2D eigenvalue weighted by atomic mass is 10.0. The Bertz CT molecular complexity index is 740. The van der Waals surface area contributed by atoms with E-state index in [1.54, 1.807) is 0 Å². The Hall–Kier alpha value is -1.84. The second kappa shape index (κ2) is 6.34. The van der Waals surface area contributed by atoms with Crippen LogP contribution in [0.5, 0.6) is 0 Å². The summed E-state index contributed by atoms with van der Waals surface area (Å²) in [6.07, 6.45) is 3.32. The molecule has 3 N–H and O–H groups in total. The first-order valence-electron chi connectivity index (χ1n) is 7.97. The van der Waals surface area contributed by atoms with Gasteiger partial charge in [0.05, 0.1) is 0 Å². The highest BCUT2D eigenvalue weighted by Crippen LogP contribution is 2.36. The standard InChI is InChI=1S/C19H20N2O.ClH/c20-18(12-5-6-12)11-21-19(22)14-7-8-17-15(10-14)9-13-3-1-2-4-16(13)17;/h1-4,7-8,10,12,18H,5-6,9,11,20H2,(H,21,22);1H. The molecule has 1 fully saturated rings. The maximum Gasteiger partial charge on any atom is 0.251 e. The molecular weight excluding hydrogens is 308 g/mol. The van der Waals surface area contributed by atoms with Crippen LogP contribution in [0.4, 0.5) is 0 Å². The topological polar surface area (TPSA) is 55.1 Å². The van der Waals surface area contributed by atoms with Gasteiger partial charge in [-0.1, -0.05) is 30.3 Å². The Kier molecular flexibility index (Phi) is 4.42. The van der Waals surface area contributed by atoms with Crippen molar-refractivity contribution in [3.8, 4) is 11.1 Å². The Labute approximate surface area is 142 Å². The highest BCUT2D eigenvalue weighted by atomic mass is 35.5. The van der Waals surface area contributed by atoms with Crippen molar-refractivity contribution in [2.45, 2.75) is 25.3 Å². The molecule has 1 saturated carbocycles. The number of nitrogens with two attached hydrogens (primary N) is 1. The lowest BCUT2D eigenvalue weighted by Gasteiger charge is -2.12. The highest BCUT2D eigenvalue weighted by molar-refractivity contribution is 5.95. The molecule has 120 valence electrons. The first-order valence-corrected chi connectivity index (χ1v) is 7.97. The Morgan fingerprint density at radius 3 is 2.65 bits per heavy atom. The minimum atomic E-state index is -0.0187. The van der Waals surface area contributed by atoms with Gasteiger partial charge in [-0.25, -0.2) is 0 Å². The van der Waals surface area contributed by atoms with E-state index in [0.717, 1.165) is 12.0 Å². The number of carbonyl (C=O) groups is 1. The number of nitrogens with one attached hydrogen (secondary N) is 1. The summed E-state index contributed by atoms with van der Waals surface area (Å²) in [5.41, 5.74) is 11.9. The molecule has 0 spiro atoms. The summed E-state index contributed by atoms with van der Waals surface area (Å²) in [6, 6.07) is 14.5. The molecule has 4 rings (SSSR count). The highest BCUT2D eigenvalue weighted by Gasteiger charge is 2.28. The van der Waals surface area contributed by atoms with Gasteiger partial charge < -0.3 is 11.1 Å². The van der Waals surface area contributed by atoms with E-state index in [0.29, 0.717) is 12.5 Å². The zero-order valence-corrected chi connectivity index (χ0v) is 13.7. The van der Waals surface area contributed by atoms with Gasteiger partial charge in [0.1, 0.15) is 0 Å². The molecule has 4 heteroatoms. The van der Waals surface area contributed by atoms with E-state index in [9.17, 15) is 4.79 Å². The van der Waals surface area contributed by atoms with Crippen LogP contribution in [0.25, 0.3) is 11.1 Å². The third-order valence-electron chi connectivity index (χ3n) is 4.78. The van der Waals surface area contributed by atoms with E-state index in [1.807, 2.05) is 12.1 Å². The number of carbonyl (C=O) groups excluding carboxylic acids is 1. The minimum absolute atomic E-state index is 0. The van der Waals surface area contributed by atoms with Crippen LogP contribution >= 0.6 is 12.4 Å². The summed E-state index contributed by atoms with van der Waals surface area (Å²) in [6.45, 7) is 0.570. The first kappa shape index (κ1) is 16.0. The molecule has 2 aliphatic rings. The molecule has 0 saturated heterocycles. The van der Waals surface area contributed by atoms with Crippen molar-refractivity contribution in [2.75, 3.05) is 6.54 Å². The van der Waals surface area contributed by atoms with Crippen LogP contribution in [0.1, 0.15) is 34.3 Å². The van der Waals surface area contributed by atoms with Crippen molar-refractivity contribution in [3.05, 3.63) is 59.2 Å². The van der Waals surface area contributed by atoms with Crippen molar-refractivity contribution in [3.63, 3.8) is 0 Å². The normalized spacial score (nSPS) is 16.0. The molecule has 2 aromatic rings. The Morgan fingerprint density at radius 1 is 1.13 bits per heavy atom. The van der Waals surface area contributed by atoms with Gasteiger partial charge in [-0.2, -0.15) is 0 Å². The predicted octanol–water partition coefficient (Wildman–Crippen LogP) is 3.15. The van der Waals surface area contributed by atoms with Crippen LogP contribution in [-0.2, 0) is 6.42 Å². The lowest BCUT2D eigenvalue weighted by molar-refractivity contribution is 0.0950. The van der Waals surface area contributed by atoms with Crippen LogP contribution in [0.2, 0.25) is 0 Å². The summed E-state index contributed by atoms with van der Waals surface area (Å²) < 4.78 is 0. The third kappa shape index (κ3) is 3.12. The zero-order valence-electron chi connectivity index (χ0n) is 12.9. The maximum atomic E-state index is 12.3. The second-order valence-corrected chi connectivity index (χ2v) is 6.42. The van der Waals surface area contributed by atoms with Gasteiger partial charge in [0.25, 0.3) is 5.91 Å². The maximum absolute atomic E-state index is 12.3. The molecule has 0 radical (unpaired) electrons. The fraction of sp³-hybridized carbons (Fsp3) is 0.316. The number of halogens is 1. The number of benzene rings is 2. The zero-order chi connectivity index (χ0) is 15.1. The van der Waals surface area contributed by atoms with Crippen LogP contribution < -0.4 is 11.1 Å². The average molecular weight is 329 g/mol. The summed E-state index contributed by atoms with van der Waals surface area (Å²) in [4.78, 5) is 12.3. The minimum Gasteiger partial charge on any atom is -0.350 e. The molecule has 23 heavy (non-hydrogen) atoms. The molecular formula is C19H21ClN2O. The second-order valence-electron chi connectivity index (χ2n) is 6.42. The fourth-order valence-corrected chi connectivity index (χ4v) is 3.29. The smallest absolute Gasteiger partial charge is 0.251 e. The van der Waals surface area contributed by atoms with Crippen LogP contribution in [-0.4, -0.2) is 18.5 Å². The SMILES string of the molecule is Cl.NC(CNC(=O)c1ccc2c(c1)Cc1ccccc1-2)C1CC1. The van der Waals surface area contributed by atoms with E-state index < -0.39 is 0 Å². The van der Waals surface area contributed by atoms with Crippen molar-refractivity contribution >= 4 is 18.3 Å². The van der Waals surface area contributed by atoms with E-state index in [1.165, 1.54) is 35.1 Å². The number of amides is 1. The van der Waals surface area contributed by atoms with Crippen molar-refractivity contribution in [2.24, 2.45) is 11.7 Å². The van der Waals surface area contributed by atoms with E-state index in [-0.39, 0.29) is 24.4 Å². The van der Waals surface area contributed by atoms with Crippen LogP contribution in [0.3, 0.4) is 0 Å². The van der Waals surface area contributed by atoms with Gasteiger partial charge in [-0.3, -0.25) is 4.79 Å². The molecule has 2 aromatic carbocycles. The van der Waals surface area contributed by atoms with Gasteiger partial charge in [0, 0.05) is 18.2 Å². The summed E-state index contributed by atoms with van der Waals surface area (Å²) in [5.74, 6) is 0.588. The number of hydrogen-bond donors (Lipinski definition) is 2. The van der Waals surface area contributed by atoms with E-state index in [4.69, 9.17) is 5.73 Å². The largest absolute Gasteiger partial charge is 0.350 e. The summed E-state index contributed by atoms with van der Waals surface area (Å²) in [7, 11) is 0. The van der Waals surface area contributed by atoms with Gasteiger partial charge >= 0.3 is 0 Å². The number of hydrogen-bond acceptors (Lipinski definition) is 2. The van der Waals surface area contributed by atoms with Crippen molar-refractivity contribution in [1.29, 1.82) is 0 Å². The molecule has 1 atom stereocenters. The summed E-state index contributed by atoms with van der Waals surface area (Å²) in [5, 5.41) is 2.97. The van der Waals surface area contributed by atoms with E-state index in [2.05, 4.69) is 35.6 Å². The first-order chi connectivity index (χ1) is 10.7. The van der Waals surface area contributed by atoms with Gasteiger partial charge in [-0.05, 0) is 59.6 Å². The molecule has 1 amide bonds. The van der Waals surface area contributed by atoms with Crippen LogP contribution in [0, 0.1) is 5.92 Å².